The zero-order chi connectivity index (χ0) is 15.0. The predicted octanol–water partition coefficient (Wildman–Crippen LogP) is 2.25. The number of urea groups is 1. The van der Waals surface area contributed by atoms with E-state index in [9.17, 15) is 9.59 Å². The van der Waals surface area contributed by atoms with Crippen molar-refractivity contribution in [1.82, 2.24) is 10.6 Å². The number of nitrogens with one attached hydrogen (secondary N) is 2. The van der Waals surface area contributed by atoms with Gasteiger partial charge in [-0.1, -0.05) is 30.3 Å². The minimum absolute atomic E-state index is 0.0336. The number of carbonyl (C=O) groups is 2. The van der Waals surface area contributed by atoms with Crippen molar-refractivity contribution in [3.05, 3.63) is 35.9 Å². The van der Waals surface area contributed by atoms with Gasteiger partial charge in [0.2, 0.25) is 0 Å². The van der Waals surface area contributed by atoms with E-state index >= 15 is 0 Å². The molecule has 0 spiro atoms. The van der Waals surface area contributed by atoms with Gasteiger partial charge < -0.3 is 15.7 Å². The summed E-state index contributed by atoms with van der Waals surface area (Å²) >= 11 is 1.64. The Morgan fingerprint density at radius 3 is 2.45 bits per heavy atom. The van der Waals surface area contributed by atoms with E-state index in [0.29, 0.717) is 0 Å². The second-order valence-electron chi connectivity index (χ2n) is 4.54. The Morgan fingerprint density at radius 2 is 1.90 bits per heavy atom. The summed E-state index contributed by atoms with van der Waals surface area (Å²) in [6.45, 7) is 1.91. The molecule has 0 bridgehead atoms. The number of hydrogen-bond donors (Lipinski definition) is 3. The summed E-state index contributed by atoms with van der Waals surface area (Å²) in [5.41, 5.74) is 0.780. The standard InChI is InChI=1S/C14H20N2O3S/c1-10(9-20-2)15-14(19)16-12(8-13(17)18)11-6-4-3-5-7-11/h3-7,10,12H,8-9H2,1-2H3,(H,17,18)(H2,15,16,19). The minimum Gasteiger partial charge on any atom is -0.481 e. The maximum Gasteiger partial charge on any atom is 0.315 e. The molecule has 20 heavy (non-hydrogen) atoms. The molecule has 0 radical (unpaired) electrons. The summed E-state index contributed by atoms with van der Waals surface area (Å²) in [4.78, 5) is 22.8. The molecule has 0 aliphatic heterocycles. The van der Waals surface area contributed by atoms with Crippen molar-refractivity contribution >= 4 is 23.8 Å². The van der Waals surface area contributed by atoms with Crippen LogP contribution in [-0.4, -0.2) is 35.2 Å². The second-order valence-corrected chi connectivity index (χ2v) is 5.45. The van der Waals surface area contributed by atoms with E-state index in [2.05, 4.69) is 10.6 Å². The molecule has 0 heterocycles. The number of aliphatic carboxylic acids is 1. The molecule has 110 valence electrons. The zero-order valence-corrected chi connectivity index (χ0v) is 12.4. The molecule has 1 rings (SSSR count). The maximum atomic E-state index is 11.9. The van der Waals surface area contributed by atoms with Gasteiger partial charge in [-0.2, -0.15) is 11.8 Å². The van der Waals surface area contributed by atoms with Gasteiger partial charge in [-0.3, -0.25) is 4.79 Å². The Morgan fingerprint density at radius 1 is 1.25 bits per heavy atom. The number of thioether (sulfide) groups is 1. The summed E-state index contributed by atoms with van der Waals surface area (Å²) < 4.78 is 0. The van der Waals surface area contributed by atoms with Crippen molar-refractivity contribution in [3.63, 3.8) is 0 Å². The third kappa shape index (κ3) is 5.97. The summed E-state index contributed by atoms with van der Waals surface area (Å²) in [6.07, 6.45) is 1.82. The van der Waals surface area contributed by atoms with Crippen LogP contribution in [0, 0.1) is 0 Å². The molecule has 0 saturated heterocycles. The molecular formula is C14H20N2O3S. The second kappa shape index (κ2) is 8.47. The molecule has 2 atom stereocenters. The van der Waals surface area contributed by atoms with Crippen molar-refractivity contribution in [2.45, 2.75) is 25.4 Å². The Hall–Kier alpha value is -1.69. The SMILES string of the molecule is CSCC(C)NC(=O)NC(CC(=O)O)c1ccccc1. The normalized spacial score (nSPS) is 13.3. The van der Waals surface area contributed by atoms with Crippen molar-refractivity contribution in [1.29, 1.82) is 0 Å². The smallest absolute Gasteiger partial charge is 0.315 e. The Kier molecular flexibility index (Phi) is 6.93. The Bertz CT molecular complexity index is 439. The van der Waals surface area contributed by atoms with Gasteiger partial charge in [0.1, 0.15) is 0 Å². The van der Waals surface area contributed by atoms with Crippen LogP contribution in [0.25, 0.3) is 0 Å². The maximum absolute atomic E-state index is 11.9. The van der Waals surface area contributed by atoms with Crippen molar-refractivity contribution < 1.29 is 14.7 Å². The molecule has 5 nitrogen and oxygen atoms in total. The minimum atomic E-state index is -0.948. The number of carboxylic acid groups (broad SMARTS) is 1. The van der Waals surface area contributed by atoms with Crippen LogP contribution in [0.1, 0.15) is 24.9 Å². The number of hydrogen-bond acceptors (Lipinski definition) is 3. The lowest BCUT2D eigenvalue weighted by atomic mass is 10.0. The fourth-order valence-electron chi connectivity index (χ4n) is 1.83. The third-order valence-electron chi connectivity index (χ3n) is 2.68. The first-order valence-electron chi connectivity index (χ1n) is 6.35. The highest BCUT2D eigenvalue weighted by Crippen LogP contribution is 2.16. The topological polar surface area (TPSA) is 78.4 Å². The highest BCUT2D eigenvalue weighted by molar-refractivity contribution is 7.98. The van der Waals surface area contributed by atoms with Crippen LogP contribution >= 0.6 is 11.8 Å². The number of carbonyl (C=O) groups excluding carboxylic acids is 1. The number of benzene rings is 1. The van der Waals surface area contributed by atoms with Crippen molar-refractivity contribution in [2.75, 3.05) is 12.0 Å². The van der Waals surface area contributed by atoms with Gasteiger partial charge in [0.05, 0.1) is 12.5 Å². The van der Waals surface area contributed by atoms with E-state index in [1.807, 2.05) is 31.4 Å². The average Bonchev–Trinajstić information content (AvgIpc) is 2.38. The highest BCUT2D eigenvalue weighted by atomic mass is 32.2. The number of carboxylic acids is 1. The zero-order valence-electron chi connectivity index (χ0n) is 11.6. The first kappa shape index (κ1) is 16.4. The Balaban J connectivity index is 2.66. The van der Waals surface area contributed by atoms with Crippen molar-refractivity contribution in [2.24, 2.45) is 0 Å². The lowest BCUT2D eigenvalue weighted by Gasteiger charge is -2.20. The monoisotopic (exact) mass is 296 g/mol. The van der Waals surface area contributed by atoms with Gasteiger partial charge in [-0.25, -0.2) is 4.79 Å². The van der Waals surface area contributed by atoms with Gasteiger partial charge >= 0.3 is 12.0 Å². The summed E-state index contributed by atoms with van der Waals surface area (Å²) in [5, 5.41) is 14.5. The summed E-state index contributed by atoms with van der Waals surface area (Å²) in [6, 6.07) is 8.25. The molecule has 0 aromatic heterocycles. The van der Waals surface area contributed by atoms with Crippen molar-refractivity contribution in [3.8, 4) is 0 Å². The molecule has 1 aromatic rings. The predicted molar refractivity (Wildman–Crippen MR) is 80.9 cm³/mol. The largest absolute Gasteiger partial charge is 0.481 e. The number of rotatable bonds is 7. The van der Waals surface area contributed by atoms with Crippen LogP contribution in [0.4, 0.5) is 4.79 Å². The van der Waals surface area contributed by atoms with Crippen LogP contribution in [0.3, 0.4) is 0 Å². The molecule has 3 N–H and O–H groups in total. The average molecular weight is 296 g/mol. The molecule has 2 amide bonds. The van der Waals surface area contributed by atoms with Crippen LogP contribution in [0.5, 0.6) is 0 Å². The van der Waals surface area contributed by atoms with Gasteiger partial charge in [0.15, 0.2) is 0 Å². The van der Waals surface area contributed by atoms with Gasteiger partial charge in [-0.15, -0.1) is 0 Å². The lowest BCUT2D eigenvalue weighted by molar-refractivity contribution is -0.137. The van der Waals surface area contributed by atoms with E-state index in [0.717, 1.165) is 11.3 Å². The summed E-state index contributed by atoms with van der Waals surface area (Å²) in [7, 11) is 0. The molecule has 2 unspecified atom stereocenters. The lowest BCUT2D eigenvalue weighted by Crippen LogP contribution is -2.43. The quantitative estimate of drug-likeness (QED) is 0.721. The van der Waals surface area contributed by atoms with E-state index in [4.69, 9.17) is 5.11 Å². The van der Waals surface area contributed by atoms with Crippen LogP contribution in [-0.2, 0) is 4.79 Å². The molecule has 1 aromatic carbocycles. The molecule has 0 aliphatic carbocycles. The highest BCUT2D eigenvalue weighted by Gasteiger charge is 2.18. The fraction of sp³-hybridized carbons (Fsp3) is 0.429. The van der Waals surface area contributed by atoms with E-state index < -0.39 is 12.0 Å². The van der Waals surface area contributed by atoms with E-state index in [1.165, 1.54) is 0 Å². The third-order valence-corrected chi connectivity index (χ3v) is 3.51. The molecular weight excluding hydrogens is 276 g/mol. The summed E-state index contributed by atoms with van der Waals surface area (Å²) in [5.74, 6) is -0.140. The van der Waals surface area contributed by atoms with E-state index in [-0.39, 0.29) is 18.5 Å². The van der Waals surface area contributed by atoms with Crippen LogP contribution in [0.15, 0.2) is 30.3 Å². The molecule has 6 heteroatoms. The van der Waals surface area contributed by atoms with Gasteiger partial charge in [0.25, 0.3) is 0 Å². The molecule has 0 fully saturated rings. The van der Waals surface area contributed by atoms with Gasteiger partial charge in [-0.05, 0) is 18.7 Å². The first-order valence-corrected chi connectivity index (χ1v) is 7.75. The van der Waals surface area contributed by atoms with Crippen LogP contribution < -0.4 is 10.6 Å². The fourth-order valence-corrected chi connectivity index (χ4v) is 2.41. The van der Waals surface area contributed by atoms with Gasteiger partial charge in [0, 0.05) is 11.8 Å². The molecule has 0 saturated carbocycles. The molecule has 0 aliphatic rings. The first-order chi connectivity index (χ1) is 9.52. The number of amides is 2. The Labute approximate surface area is 123 Å². The van der Waals surface area contributed by atoms with Crippen LogP contribution in [0.2, 0.25) is 0 Å². The van der Waals surface area contributed by atoms with E-state index in [1.54, 1.807) is 23.9 Å².